The van der Waals surface area contributed by atoms with Gasteiger partial charge in [0, 0.05) is 11.0 Å². The van der Waals surface area contributed by atoms with Crippen molar-refractivity contribution in [3.05, 3.63) is 34.1 Å². The van der Waals surface area contributed by atoms with E-state index in [1.54, 1.807) is 0 Å². The third-order valence-electron chi connectivity index (χ3n) is 2.41. The van der Waals surface area contributed by atoms with E-state index in [9.17, 15) is 18.8 Å². The molecule has 3 amide bonds. The molecule has 0 unspecified atom stereocenters. The SMILES string of the molecule is CC(C)CNC(=O)NC(=O)COC(=O)c1ccc(Br)cc1F. The van der Waals surface area contributed by atoms with Gasteiger partial charge in [-0.05, 0) is 24.1 Å². The normalized spacial score (nSPS) is 10.2. The Balaban J connectivity index is 2.43. The number of urea groups is 1. The van der Waals surface area contributed by atoms with Crippen LogP contribution in [-0.4, -0.2) is 31.1 Å². The third kappa shape index (κ3) is 6.21. The van der Waals surface area contributed by atoms with Gasteiger partial charge in [-0.3, -0.25) is 10.1 Å². The van der Waals surface area contributed by atoms with E-state index in [2.05, 4.69) is 26.0 Å². The van der Waals surface area contributed by atoms with E-state index in [-0.39, 0.29) is 11.5 Å². The monoisotopic (exact) mass is 374 g/mol. The molecule has 0 saturated heterocycles. The van der Waals surface area contributed by atoms with Crippen LogP contribution in [0.4, 0.5) is 9.18 Å². The zero-order valence-corrected chi connectivity index (χ0v) is 13.7. The summed E-state index contributed by atoms with van der Waals surface area (Å²) < 4.78 is 18.6. The summed E-state index contributed by atoms with van der Waals surface area (Å²) in [6.45, 7) is 3.53. The Kier molecular flexibility index (Phi) is 6.97. The third-order valence-corrected chi connectivity index (χ3v) is 2.90. The summed E-state index contributed by atoms with van der Waals surface area (Å²) in [5.74, 6) is -2.32. The molecule has 120 valence electrons. The van der Waals surface area contributed by atoms with Crippen LogP contribution in [0.1, 0.15) is 24.2 Å². The molecule has 0 heterocycles. The lowest BCUT2D eigenvalue weighted by molar-refractivity contribution is -0.123. The highest BCUT2D eigenvalue weighted by atomic mass is 79.9. The Bertz CT molecular complexity index is 578. The molecule has 0 spiro atoms. The van der Waals surface area contributed by atoms with Crippen molar-refractivity contribution in [3.63, 3.8) is 0 Å². The van der Waals surface area contributed by atoms with Gasteiger partial charge in [-0.1, -0.05) is 29.8 Å². The van der Waals surface area contributed by atoms with Crippen LogP contribution in [0.3, 0.4) is 0 Å². The quantitative estimate of drug-likeness (QED) is 0.773. The highest BCUT2D eigenvalue weighted by Crippen LogP contribution is 2.15. The van der Waals surface area contributed by atoms with Crippen molar-refractivity contribution in [1.29, 1.82) is 0 Å². The molecule has 0 aliphatic carbocycles. The molecular weight excluding hydrogens is 359 g/mol. The lowest BCUT2D eigenvalue weighted by Gasteiger charge is -2.09. The Morgan fingerprint density at radius 3 is 2.59 bits per heavy atom. The molecule has 0 radical (unpaired) electrons. The number of carbonyl (C=O) groups excluding carboxylic acids is 3. The van der Waals surface area contributed by atoms with Crippen molar-refractivity contribution in [2.75, 3.05) is 13.2 Å². The van der Waals surface area contributed by atoms with E-state index in [1.807, 2.05) is 19.2 Å². The van der Waals surface area contributed by atoms with Crippen molar-refractivity contribution in [2.24, 2.45) is 5.92 Å². The standard InChI is InChI=1S/C14H16BrFN2O4/c1-8(2)6-17-14(21)18-12(19)7-22-13(20)10-4-3-9(15)5-11(10)16/h3-5,8H,6-7H2,1-2H3,(H2,17,18,19,21). The molecule has 0 saturated carbocycles. The number of benzene rings is 1. The second-order valence-electron chi connectivity index (χ2n) is 4.85. The van der Waals surface area contributed by atoms with E-state index >= 15 is 0 Å². The highest BCUT2D eigenvalue weighted by Gasteiger charge is 2.16. The zero-order chi connectivity index (χ0) is 16.7. The first-order valence-corrected chi connectivity index (χ1v) is 7.28. The fourth-order valence-electron chi connectivity index (χ4n) is 1.37. The molecule has 0 aliphatic heterocycles. The number of halogens is 2. The lowest BCUT2D eigenvalue weighted by Crippen LogP contribution is -2.42. The first-order chi connectivity index (χ1) is 10.3. The maximum atomic E-state index is 13.5. The zero-order valence-electron chi connectivity index (χ0n) is 12.1. The molecule has 0 aliphatic rings. The van der Waals surface area contributed by atoms with Crippen LogP contribution in [-0.2, 0) is 9.53 Å². The smallest absolute Gasteiger partial charge is 0.341 e. The molecule has 8 heteroatoms. The van der Waals surface area contributed by atoms with Crippen molar-refractivity contribution >= 4 is 33.8 Å². The number of amides is 3. The number of rotatable bonds is 5. The fourth-order valence-corrected chi connectivity index (χ4v) is 1.70. The Morgan fingerprint density at radius 2 is 2.00 bits per heavy atom. The first-order valence-electron chi connectivity index (χ1n) is 6.49. The van der Waals surface area contributed by atoms with Crippen LogP contribution in [0.15, 0.2) is 22.7 Å². The maximum absolute atomic E-state index is 13.5. The van der Waals surface area contributed by atoms with Gasteiger partial charge in [0.15, 0.2) is 6.61 Å². The van der Waals surface area contributed by atoms with Crippen LogP contribution in [0.25, 0.3) is 0 Å². The van der Waals surface area contributed by atoms with Crippen LogP contribution < -0.4 is 10.6 Å². The number of hydrogen-bond donors (Lipinski definition) is 2. The van der Waals surface area contributed by atoms with Crippen LogP contribution in [0.2, 0.25) is 0 Å². The second-order valence-corrected chi connectivity index (χ2v) is 5.77. The molecule has 1 aromatic carbocycles. The number of esters is 1. The summed E-state index contributed by atoms with van der Waals surface area (Å²) in [6, 6.07) is 3.13. The minimum Gasteiger partial charge on any atom is -0.452 e. The van der Waals surface area contributed by atoms with Gasteiger partial charge in [0.1, 0.15) is 5.82 Å². The molecule has 0 atom stereocenters. The minimum absolute atomic E-state index is 0.235. The molecule has 6 nitrogen and oxygen atoms in total. The number of nitrogens with one attached hydrogen (secondary N) is 2. The van der Waals surface area contributed by atoms with Gasteiger partial charge in [-0.2, -0.15) is 0 Å². The average molecular weight is 375 g/mol. The van der Waals surface area contributed by atoms with E-state index in [0.717, 1.165) is 6.07 Å². The molecule has 1 aromatic rings. The average Bonchev–Trinajstić information content (AvgIpc) is 2.42. The summed E-state index contributed by atoms with van der Waals surface area (Å²) in [4.78, 5) is 34.4. The summed E-state index contributed by atoms with van der Waals surface area (Å²) >= 11 is 3.06. The van der Waals surface area contributed by atoms with Crippen molar-refractivity contribution in [2.45, 2.75) is 13.8 Å². The summed E-state index contributed by atoms with van der Waals surface area (Å²) in [5, 5.41) is 4.47. The second kappa shape index (κ2) is 8.47. The van der Waals surface area contributed by atoms with E-state index in [0.29, 0.717) is 11.0 Å². The largest absolute Gasteiger partial charge is 0.452 e. The van der Waals surface area contributed by atoms with Crippen molar-refractivity contribution in [3.8, 4) is 0 Å². The number of ether oxygens (including phenoxy) is 1. The lowest BCUT2D eigenvalue weighted by atomic mass is 10.2. The van der Waals surface area contributed by atoms with Crippen molar-refractivity contribution < 1.29 is 23.5 Å². The number of imide groups is 1. The molecule has 0 fully saturated rings. The maximum Gasteiger partial charge on any atom is 0.341 e. The van der Waals surface area contributed by atoms with Crippen LogP contribution in [0.5, 0.6) is 0 Å². The van der Waals surface area contributed by atoms with Gasteiger partial charge < -0.3 is 10.1 Å². The predicted octanol–water partition coefficient (Wildman–Crippen LogP) is 2.23. The molecule has 2 N–H and O–H groups in total. The van der Waals surface area contributed by atoms with Gasteiger partial charge >= 0.3 is 12.0 Å². The summed E-state index contributed by atoms with van der Waals surface area (Å²) in [7, 11) is 0. The Morgan fingerprint density at radius 1 is 1.32 bits per heavy atom. The molecule has 1 rings (SSSR count). The van der Waals surface area contributed by atoms with E-state index in [1.165, 1.54) is 12.1 Å². The topological polar surface area (TPSA) is 84.5 Å². The molecule has 0 aromatic heterocycles. The van der Waals surface area contributed by atoms with Gasteiger partial charge in [-0.25, -0.2) is 14.0 Å². The van der Waals surface area contributed by atoms with Crippen LogP contribution >= 0.6 is 15.9 Å². The van der Waals surface area contributed by atoms with Gasteiger partial charge in [0.05, 0.1) is 5.56 Å². The Labute approximate surface area is 135 Å². The Hall–Kier alpha value is -1.96. The van der Waals surface area contributed by atoms with E-state index in [4.69, 9.17) is 0 Å². The van der Waals surface area contributed by atoms with E-state index < -0.39 is 30.3 Å². The first kappa shape index (κ1) is 18.1. The van der Waals surface area contributed by atoms with Gasteiger partial charge in [0.25, 0.3) is 5.91 Å². The minimum atomic E-state index is -0.984. The molecule has 0 bridgehead atoms. The highest BCUT2D eigenvalue weighted by molar-refractivity contribution is 9.10. The number of carbonyl (C=O) groups is 3. The number of hydrogen-bond acceptors (Lipinski definition) is 4. The van der Waals surface area contributed by atoms with Crippen molar-refractivity contribution in [1.82, 2.24) is 10.6 Å². The van der Waals surface area contributed by atoms with Gasteiger partial charge in [0.2, 0.25) is 0 Å². The predicted molar refractivity (Wildman–Crippen MR) is 80.8 cm³/mol. The molecule has 22 heavy (non-hydrogen) atoms. The van der Waals surface area contributed by atoms with Gasteiger partial charge in [-0.15, -0.1) is 0 Å². The summed E-state index contributed by atoms with van der Waals surface area (Å²) in [5.41, 5.74) is -0.291. The fraction of sp³-hybridized carbons (Fsp3) is 0.357. The van der Waals surface area contributed by atoms with Crippen LogP contribution in [0, 0.1) is 11.7 Å². The summed E-state index contributed by atoms with van der Waals surface area (Å²) in [6.07, 6.45) is 0. The molecular formula is C14H16BrFN2O4.